The van der Waals surface area contributed by atoms with Crippen LogP contribution in [0, 0.1) is 0 Å². The number of benzene rings is 2. The van der Waals surface area contributed by atoms with Crippen LogP contribution < -0.4 is 10.1 Å². The SMILES string of the molecule is O=C(O)C(Cc1c[nH]c2ccccc12)NC(=O)C1Cc2ccccc2O1. The van der Waals surface area contributed by atoms with E-state index < -0.39 is 24.0 Å². The van der Waals surface area contributed by atoms with Crippen LogP contribution in [0.15, 0.2) is 54.7 Å². The fraction of sp³-hybridized carbons (Fsp3) is 0.200. The Bertz CT molecular complexity index is 954. The van der Waals surface area contributed by atoms with Gasteiger partial charge in [-0.05, 0) is 23.3 Å². The number of H-pyrrole nitrogens is 1. The Morgan fingerprint density at radius 3 is 2.77 bits per heavy atom. The number of amides is 1. The van der Waals surface area contributed by atoms with Crippen molar-refractivity contribution in [1.29, 1.82) is 0 Å². The van der Waals surface area contributed by atoms with Crippen molar-refractivity contribution in [2.45, 2.75) is 25.0 Å². The molecule has 132 valence electrons. The van der Waals surface area contributed by atoms with Crippen molar-refractivity contribution >= 4 is 22.8 Å². The summed E-state index contributed by atoms with van der Waals surface area (Å²) in [5.74, 6) is -0.802. The first-order valence-corrected chi connectivity index (χ1v) is 8.44. The lowest BCUT2D eigenvalue weighted by molar-refractivity contribution is -0.142. The Balaban J connectivity index is 1.48. The van der Waals surface area contributed by atoms with Gasteiger partial charge in [-0.2, -0.15) is 0 Å². The second kappa shape index (κ2) is 6.55. The summed E-state index contributed by atoms with van der Waals surface area (Å²) in [6, 6.07) is 14.1. The van der Waals surface area contributed by atoms with Gasteiger partial charge in [0.2, 0.25) is 0 Å². The topological polar surface area (TPSA) is 91.4 Å². The average Bonchev–Trinajstić information content (AvgIpc) is 3.25. The first-order valence-electron chi connectivity index (χ1n) is 8.44. The molecule has 2 unspecified atom stereocenters. The molecule has 1 aliphatic heterocycles. The number of hydrogen-bond donors (Lipinski definition) is 3. The first kappa shape index (κ1) is 16.2. The second-order valence-electron chi connectivity index (χ2n) is 6.38. The van der Waals surface area contributed by atoms with Gasteiger partial charge in [-0.25, -0.2) is 4.79 Å². The van der Waals surface area contributed by atoms with E-state index in [1.54, 1.807) is 6.20 Å². The molecule has 4 rings (SSSR count). The number of fused-ring (bicyclic) bond motifs is 2. The maximum absolute atomic E-state index is 12.5. The molecule has 0 bridgehead atoms. The zero-order chi connectivity index (χ0) is 18.1. The number of ether oxygens (including phenoxy) is 1. The van der Waals surface area contributed by atoms with Crippen LogP contribution in [0.4, 0.5) is 0 Å². The van der Waals surface area contributed by atoms with Crippen molar-refractivity contribution < 1.29 is 19.4 Å². The molecule has 0 aliphatic carbocycles. The van der Waals surface area contributed by atoms with Crippen molar-refractivity contribution in [1.82, 2.24) is 10.3 Å². The van der Waals surface area contributed by atoms with E-state index in [-0.39, 0.29) is 6.42 Å². The molecule has 1 amide bonds. The van der Waals surface area contributed by atoms with Crippen molar-refractivity contribution in [3.63, 3.8) is 0 Å². The molecule has 2 atom stereocenters. The third-order valence-electron chi connectivity index (χ3n) is 4.65. The molecule has 0 radical (unpaired) electrons. The summed E-state index contributed by atoms with van der Waals surface area (Å²) in [5.41, 5.74) is 2.74. The van der Waals surface area contributed by atoms with Crippen molar-refractivity contribution in [3.05, 3.63) is 65.9 Å². The molecule has 2 heterocycles. The minimum Gasteiger partial charge on any atom is -0.480 e. The predicted molar refractivity (Wildman–Crippen MR) is 96.1 cm³/mol. The quantitative estimate of drug-likeness (QED) is 0.658. The number of aromatic amines is 1. The highest BCUT2D eigenvalue weighted by Gasteiger charge is 2.32. The summed E-state index contributed by atoms with van der Waals surface area (Å²) in [5, 5.41) is 13.1. The Kier molecular flexibility index (Phi) is 4.08. The number of carbonyl (C=O) groups is 2. The summed E-state index contributed by atoms with van der Waals surface area (Å²) >= 11 is 0. The zero-order valence-corrected chi connectivity index (χ0v) is 13.9. The van der Waals surface area contributed by atoms with Gasteiger partial charge < -0.3 is 20.1 Å². The third-order valence-corrected chi connectivity index (χ3v) is 4.65. The molecule has 0 saturated carbocycles. The lowest BCUT2D eigenvalue weighted by Crippen LogP contribution is -2.47. The van der Waals surface area contributed by atoms with Gasteiger partial charge in [0.05, 0.1) is 0 Å². The van der Waals surface area contributed by atoms with Gasteiger partial charge in [-0.1, -0.05) is 36.4 Å². The van der Waals surface area contributed by atoms with Crippen LogP contribution in [0.25, 0.3) is 10.9 Å². The minimum absolute atomic E-state index is 0.199. The molecular formula is C20H18N2O4. The molecule has 0 fully saturated rings. The van der Waals surface area contributed by atoms with E-state index in [2.05, 4.69) is 10.3 Å². The maximum Gasteiger partial charge on any atom is 0.326 e. The van der Waals surface area contributed by atoms with Gasteiger partial charge >= 0.3 is 5.97 Å². The normalized spacial score (nSPS) is 16.7. The highest BCUT2D eigenvalue weighted by atomic mass is 16.5. The van der Waals surface area contributed by atoms with E-state index in [4.69, 9.17) is 4.74 Å². The number of rotatable bonds is 5. The highest BCUT2D eigenvalue weighted by Crippen LogP contribution is 2.28. The molecular weight excluding hydrogens is 332 g/mol. The van der Waals surface area contributed by atoms with Crippen LogP contribution in [0.3, 0.4) is 0 Å². The number of carbonyl (C=O) groups excluding carboxylic acids is 1. The van der Waals surface area contributed by atoms with E-state index in [0.29, 0.717) is 12.2 Å². The van der Waals surface area contributed by atoms with Gasteiger partial charge in [-0.15, -0.1) is 0 Å². The summed E-state index contributed by atoms with van der Waals surface area (Å²) in [6.07, 6.45) is 1.73. The van der Waals surface area contributed by atoms with E-state index >= 15 is 0 Å². The van der Waals surface area contributed by atoms with Crippen molar-refractivity contribution in [2.75, 3.05) is 0 Å². The second-order valence-corrected chi connectivity index (χ2v) is 6.38. The summed E-state index contributed by atoms with van der Waals surface area (Å²) < 4.78 is 5.64. The lowest BCUT2D eigenvalue weighted by atomic mass is 10.0. The van der Waals surface area contributed by atoms with Crippen LogP contribution in [0.5, 0.6) is 5.75 Å². The number of carboxylic acids is 1. The standard InChI is InChI=1S/C20H18N2O4/c23-19(18-10-12-5-1-4-8-17(12)26-18)22-16(20(24)25)9-13-11-21-15-7-3-2-6-14(13)15/h1-8,11,16,18,21H,9-10H2,(H,22,23)(H,24,25). The molecule has 3 aromatic rings. The van der Waals surface area contributed by atoms with Crippen LogP contribution in [0.2, 0.25) is 0 Å². The summed E-state index contributed by atoms with van der Waals surface area (Å²) in [6.45, 7) is 0. The van der Waals surface area contributed by atoms with E-state index in [9.17, 15) is 14.7 Å². The fourth-order valence-electron chi connectivity index (χ4n) is 3.31. The minimum atomic E-state index is -1.07. The number of hydrogen-bond acceptors (Lipinski definition) is 3. The molecule has 0 saturated heterocycles. The van der Waals surface area contributed by atoms with Gasteiger partial charge in [0.1, 0.15) is 11.8 Å². The fourth-order valence-corrected chi connectivity index (χ4v) is 3.31. The van der Waals surface area contributed by atoms with E-state index in [1.165, 1.54) is 0 Å². The van der Waals surface area contributed by atoms with Crippen LogP contribution >= 0.6 is 0 Å². The number of aliphatic carboxylic acids is 1. The smallest absolute Gasteiger partial charge is 0.326 e. The van der Waals surface area contributed by atoms with Crippen LogP contribution in [0.1, 0.15) is 11.1 Å². The van der Waals surface area contributed by atoms with Crippen molar-refractivity contribution in [2.24, 2.45) is 0 Å². The van der Waals surface area contributed by atoms with E-state index in [0.717, 1.165) is 22.0 Å². The molecule has 6 nitrogen and oxygen atoms in total. The lowest BCUT2D eigenvalue weighted by Gasteiger charge is -2.17. The Hall–Kier alpha value is -3.28. The zero-order valence-electron chi connectivity index (χ0n) is 13.9. The van der Waals surface area contributed by atoms with Gasteiger partial charge in [-0.3, -0.25) is 4.79 Å². The first-order chi connectivity index (χ1) is 12.6. The number of aromatic nitrogens is 1. The van der Waals surface area contributed by atoms with Gasteiger partial charge in [0.15, 0.2) is 6.10 Å². The maximum atomic E-state index is 12.5. The Morgan fingerprint density at radius 1 is 1.19 bits per heavy atom. The number of para-hydroxylation sites is 2. The monoisotopic (exact) mass is 350 g/mol. The number of nitrogens with one attached hydrogen (secondary N) is 2. The number of carboxylic acid groups (broad SMARTS) is 1. The van der Waals surface area contributed by atoms with Crippen molar-refractivity contribution in [3.8, 4) is 5.75 Å². The molecule has 1 aromatic heterocycles. The predicted octanol–water partition coefficient (Wildman–Crippen LogP) is 2.28. The van der Waals surface area contributed by atoms with E-state index in [1.807, 2.05) is 48.5 Å². The van der Waals surface area contributed by atoms with Gasteiger partial charge in [0.25, 0.3) is 5.91 Å². The molecule has 1 aliphatic rings. The summed E-state index contributed by atoms with van der Waals surface area (Å²) in [4.78, 5) is 27.3. The van der Waals surface area contributed by atoms with Crippen LogP contribution in [-0.2, 0) is 22.4 Å². The molecule has 3 N–H and O–H groups in total. The summed E-state index contributed by atoms with van der Waals surface area (Å²) in [7, 11) is 0. The highest BCUT2D eigenvalue weighted by molar-refractivity contribution is 5.89. The average molecular weight is 350 g/mol. The molecule has 26 heavy (non-hydrogen) atoms. The molecule has 0 spiro atoms. The van der Waals surface area contributed by atoms with Gasteiger partial charge in [0, 0.05) is 29.9 Å². The Labute approximate surface area is 149 Å². The third kappa shape index (κ3) is 3.01. The largest absolute Gasteiger partial charge is 0.480 e. The molecule has 2 aromatic carbocycles. The Morgan fingerprint density at radius 2 is 1.96 bits per heavy atom. The van der Waals surface area contributed by atoms with Crippen LogP contribution in [-0.4, -0.2) is 34.1 Å². The molecule has 6 heteroatoms.